The van der Waals surface area contributed by atoms with Crippen molar-refractivity contribution in [3.63, 3.8) is 0 Å². The molecule has 0 aliphatic carbocycles. The van der Waals surface area contributed by atoms with Crippen molar-refractivity contribution in [3.05, 3.63) is 64.1 Å². The van der Waals surface area contributed by atoms with Gasteiger partial charge in [0.2, 0.25) is 0 Å². The van der Waals surface area contributed by atoms with Gasteiger partial charge in [0.25, 0.3) is 5.91 Å². The number of methoxy groups -OCH3 is 2. The van der Waals surface area contributed by atoms with Gasteiger partial charge in [0.15, 0.2) is 11.5 Å². The molecule has 0 saturated carbocycles. The summed E-state index contributed by atoms with van der Waals surface area (Å²) in [7, 11) is 3.13. The van der Waals surface area contributed by atoms with Gasteiger partial charge < -0.3 is 25.3 Å². The second-order valence-electron chi connectivity index (χ2n) is 6.09. The van der Waals surface area contributed by atoms with E-state index in [1.807, 2.05) is 17.5 Å². The number of nitrogens with two attached hydrogens (primary N) is 1. The smallest absolute Gasteiger partial charge is 0.251 e. The van der Waals surface area contributed by atoms with Crippen LogP contribution >= 0.6 is 23.7 Å². The molecule has 30 heavy (non-hydrogen) atoms. The Morgan fingerprint density at radius 3 is 2.53 bits per heavy atom. The number of ether oxygens (including phenoxy) is 3. The number of hydrogen-bond acceptors (Lipinski definition) is 7. The van der Waals surface area contributed by atoms with E-state index in [1.165, 1.54) is 11.3 Å². The number of carbonyl (C=O) groups excluding carboxylic acids is 1. The first-order valence-corrected chi connectivity index (χ1v) is 9.97. The van der Waals surface area contributed by atoms with Crippen molar-refractivity contribution in [1.82, 2.24) is 10.3 Å². The fourth-order valence-electron chi connectivity index (χ4n) is 2.82. The molecule has 7 nitrogen and oxygen atoms in total. The Labute approximate surface area is 185 Å². The molecule has 0 bridgehead atoms. The van der Waals surface area contributed by atoms with Gasteiger partial charge in [-0.3, -0.25) is 4.79 Å². The molecule has 0 radical (unpaired) electrons. The molecular formula is C21H24ClN3O4S. The quantitative estimate of drug-likeness (QED) is 0.515. The molecule has 0 aliphatic rings. The molecule has 0 atom stereocenters. The zero-order chi connectivity index (χ0) is 20.6. The molecule has 2 aromatic carbocycles. The largest absolute Gasteiger partial charge is 0.496 e. The van der Waals surface area contributed by atoms with Crippen molar-refractivity contribution in [3.8, 4) is 23.0 Å². The average Bonchev–Trinajstić information content (AvgIpc) is 3.27. The second-order valence-corrected chi connectivity index (χ2v) is 6.81. The zero-order valence-corrected chi connectivity index (χ0v) is 18.3. The number of carbonyl (C=O) groups is 1. The monoisotopic (exact) mass is 449 g/mol. The van der Waals surface area contributed by atoms with E-state index in [-0.39, 0.29) is 24.9 Å². The Balaban J connectivity index is 0.00000320. The van der Waals surface area contributed by atoms with E-state index >= 15 is 0 Å². The molecule has 3 N–H and O–H groups in total. The van der Waals surface area contributed by atoms with Crippen LogP contribution in [0.15, 0.2) is 47.3 Å². The Bertz CT molecular complexity index is 967. The number of thiazole rings is 1. The maximum Gasteiger partial charge on any atom is 0.251 e. The number of amides is 1. The summed E-state index contributed by atoms with van der Waals surface area (Å²) in [5.41, 5.74) is 9.80. The van der Waals surface area contributed by atoms with Gasteiger partial charge in [0.05, 0.1) is 31.0 Å². The molecule has 1 heterocycles. The summed E-state index contributed by atoms with van der Waals surface area (Å²) in [6.45, 7) is 0.746. The third-order valence-electron chi connectivity index (χ3n) is 4.31. The van der Waals surface area contributed by atoms with Crippen LogP contribution in [0.2, 0.25) is 0 Å². The summed E-state index contributed by atoms with van der Waals surface area (Å²) >= 11 is 1.54. The van der Waals surface area contributed by atoms with E-state index in [9.17, 15) is 4.79 Å². The highest BCUT2D eigenvalue weighted by atomic mass is 35.5. The zero-order valence-electron chi connectivity index (χ0n) is 16.7. The Morgan fingerprint density at radius 2 is 1.87 bits per heavy atom. The van der Waals surface area contributed by atoms with Crippen molar-refractivity contribution in [2.75, 3.05) is 20.8 Å². The topological polar surface area (TPSA) is 95.7 Å². The number of nitrogens with zero attached hydrogens (tertiary/aromatic N) is 1. The molecule has 3 rings (SSSR count). The van der Waals surface area contributed by atoms with E-state index in [4.69, 9.17) is 19.9 Å². The van der Waals surface area contributed by atoms with Crippen LogP contribution in [-0.4, -0.2) is 31.7 Å². The lowest BCUT2D eigenvalue weighted by Crippen LogP contribution is -2.25. The standard InChI is InChI=1S/C21H23N3O4S.ClH/c1-26-17-4-3-5-18(16(17)11-22)28-20-10-14(6-7-19(20)27-2)21(25)23-9-8-15-12-29-13-24-15;/h3-7,10,12-13H,8-9,11,22H2,1-2H3,(H,23,25);1H. The molecular weight excluding hydrogens is 426 g/mol. The molecule has 3 aromatic rings. The van der Waals surface area contributed by atoms with Gasteiger partial charge in [0, 0.05) is 30.5 Å². The van der Waals surface area contributed by atoms with Crippen LogP contribution in [0.4, 0.5) is 0 Å². The van der Waals surface area contributed by atoms with Crippen molar-refractivity contribution in [1.29, 1.82) is 0 Å². The molecule has 0 spiro atoms. The molecule has 0 aliphatic heterocycles. The van der Waals surface area contributed by atoms with E-state index in [0.717, 1.165) is 11.3 Å². The number of halogens is 1. The maximum absolute atomic E-state index is 12.5. The van der Waals surface area contributed by atoms with E-state index in [0.29, 0.717) is 41.5 Å². The number of hydrogen-bond donors (Lipinski definition) is 2. The van der Waals surface area contributed by atoms with E-state index in [2.05, 4.69) is 10.3 Å². The molecule has 0 unspecified atom stereocenters. The first-order chi connectivity index (χ1) is 14.2. The summed E-state index contributed by atoms with van der Waals surface area (Å²) in [6.07, 6.45) is 0.679. The van der Waals surface area contributed by atoms with Crippen LogP contribution in [0.3, 0.4) is 0 Å². The van der Waals surface area contributed by atoms with Crippen LogP contribution in [0.5, 0.6) is 23.0 Å². The van der Waals surface area contributed by atoms with Crippen LogP contribution in [-0.2, 0) is 13.0 Å². The van der Waals surface area contributed by atoms with Crippen molar-refractivity contribution < 1.29 is 19.0 Å². The second kappa shape index (κ2) is 11.4. The number of rotatable bonds is 9. The van der Waals surface area contributed by atoms with Crippen molar-refractivity contribution in [2.24, 2.45) is 5.73 Å². The Kier molecular flexibility index (Phi) is 8.91. The summed E-state index contributed by atoms with van der Waals surface area (Å²) in [6, 6.07) is 10.5. The van der Waals surface area contributed by atoms with Gasteiger partial charge in [-0.25, -0.2) is 4.98 Å². The normalized spacial score (nSPS) is 10.1. The van der Waals surface area contributed by atoms with Gasteiger partial charge in [-0.1, -0.05) is 6.07 Å². The molecule has 9 heteroatoms. The SMILES string of the molecule is COc1ccc(C(=O)NCCc2cscn2)cc1Oc1cccc(OC)c1CN.Cl. The van der Waals surface area contributed by atoms with E-state index < -0.39 is 0 Å². The van der Waals surface area contributed by atoms with Gasteiger partial charge in [-0.05, 0) is 30.3 Å². The summed E-state index contributed by atoms with van der Waals surface area (Å²) < 4.78 is 16.8. The first-order valence-electron chi connectivity index (χ1n) is 9.03. The third kappa shape index (κ3) is 5.63. The molecule has 1 amide bonds. The number of nitrogens with one attached hydrogen (secondary N) is 1. The maximum atomic E-state index is 12.5. The summed E-state index contributed by atoms with van der Waals surface area (Å²) in [5, 5.41) is 4.86. The predicted octanol–water partition coefficient (Wildman–Crippen LogP) is 3.81. The van der Waals surface area contributed by atoms with Crippen LogP contribution in [0.1, 0.15) is 21.6 Å². The summed E-state index contributed by atoms with van der Waals surface area (Å²) in [4.78, 5) is 16.7. The molecule has 0 saturated heterocycles. The highest BCUT2D eigenvalue weighted by molar-refractivity contribution is 7.07. The van der Waals surface area contributed by atoms with Gasteiger partial charge >= 0.3 is 0 Å². The minimum absolute atomic E-state index is 0. The first kappa shape index (κ1) is 23.5. The van der Waals surface area contributed by atoms with Crippen LogP contribution in [0, 0.1) is 0 Å². The molecule has 1 aromatic heterocycles. The predicted molar refractivity (Wildman–Crippen MR) is 119 cm³/mol. The highest BCUT2D eigenvalue weighted by Crippen LogP contribution is 2.36. The Morgan fingerprint density at radius 1 is 1.10 bits per heavy atom. The van der Waals surface area contributed by atoms with Crippen molar-refractivity contribution in [2.45, 2.75) is 13.0 Å². The van der Waals surface area contributed by atoms with Gasteiger partial charge in [-0.2, -0.15) is 0 Å². The van der Waals surface area contributed by atoms with Gasteiger partial charge in [0.1, 0.15) is 11.5 Å². The van der Waals surface area contributed by atoms with Crippen LogP contribution in [0.25, 0.3) is 0 Å². The van der Waals surface area contributed by atoms with E-state index in [1.54, 1.807) is 44.0 Å². The lowest BCUT2D eigenvalue weighted by molar-refractivity contribution is 0.0953. The lowest BCUT2D eigenvalue weighted by atomic mass is 10.1. The average molecular weight is 450 g/mol. The minimum Gasteiger partial charge on any atom is -0.496 e. The van der Waals surface area contributed by atoms with Gasteiger partial charge in [-0.15, -0.1) is 23.7 Å². The van der Waals surface area contributed by atoms with Crippen LogP contribution < -0.4 is 25.3 Å². The fraction of sp³-hybridized carbons (Fsp3) is 0.238. The lowest BCUT2D eigenvalue weighted by Gasteiger charge is -2.16. The fourth-order valence-corrected chi connectivity index (χ4v) is 3.41. The number of benzene rings is 2. The third-order valence-corrected chi connectivity index (χ3v) is 4.95. The summed E-state index contributed by atoms with van der Waals surface area (Å²) in [5.74, 6) is 1.92. The Hall–Kier alpha value is -2.81. The van der Waals surface area contributed by atoms with Crippen molar-refractivity contribution >= 4 is 29.7 Å². The number of aromatic nitrogens is 1. The molecule has 0 fully saturated rings. The molecule has 160 valence electrons. The minimum atomic E-state index is -0.197. The highest BCUT2D eigenvalue weighted by Gasteiger charge is 2.15.